The van der Waals surface area contributed by atoms with E-state index in [0.717, 1.165) is 11.6 Å². The van der Waals surface area contributed by atoms with Crippen molar-refractivity contribution in [1.82, 2.24) is 9.97 Å². The molecule has 0 saturated carbocycles. The molecule has 3 rings (SSSR count). The zero-order valence-corrected chi connectivity index (χ0v) is 16.1. The molecule has 0 amide bonds. The normalized spacial score (nSPS) is 11.6. The number of ether oxygens (including phenoxy) is 2. The second-order valence-corrected chi connectivity index (χ2v) is 6.27. The SMILES string of the molecule is CCOc1cc(C=Cc2cc(C(F)(F)F)[nH]c(=O)n2)ccc1OCc1ccccc1. The van der Waals surface area contributed by atoms with Gasteiger partial charge in [0.1, 0.15) is 12.3 Å². The number of nitrogens with zero attached hydrogens (tertiary/aromatic N) is 1. The first-order valence-corrected chi connectivity index (χ1v) is 9.15. The predicted molar refractivity (Wildman–Crippen MR) is 107 cm³/mol. The summed E-state index contributed by atoms with van der Waals surface area (Å²) >= 11 is 0. The van der Waals surface area contributed by atoms with Crippen molar-refractivity contribution in [3.8, 4) is 11.5 Å². The largest absolute Gasteiger partial charge is 0.490 e. The van der Waals surface area contributed by atoms with Gasteiger partial charge in [0.05, 0.1) is 12.3 Å². The van der Waals surface area contributed by atoms with Crippen molar-refractivity contribution in [1.29, 1.82) is 0 Å². The number of H-pyrrole nitrogens is 1. The predicted octanol–water partition coefficient (Wildman–Crippen LogP) is 4.94. The highest BCUT2D eigenvalue weighted by atomic mass is 19.4. The smallest absolute Gasteiger partial charge is 0.431 e. The second kappa shape index (κ2) is 9.30. The highest BCUT2D eigenvalue weighted by molar-refractivity contribution is 5.69. The quantitative estimate of drug-likeness (QED) is 0.593. The van der Waals surface area contributed by atoms with Crippen LogP contribution < -0.4 is 15.2 Å². The number of alkyl halides is 3. The lowest BCUT2D eigenvalue weighted by molar-refractivity contribution is -0.141. The summed E-state index contributed by atoms with van der Waals surface area (Å²) in [5, 5.41) is 0. The lowest BCUT2D eigenvalue weighted by Gasteiger charge is -2.12. The molecular formula is C22H19F3N2O3. The summed E-state index contributed by atoms with van der Waals surface area (Å²) in [4.78, 5) is 16.6. The van der Waals surface area contributed by atoms with Gasteiger partial charge in [-0.3, -0.25) is 0 Å². The number of rotatable bonds is 7. The maximum atomic E-state index is 12.8. The van der Waals surface area contributed by atoms with Gasteiger partial charge in [0.25, 0.3) is 0 Å². The van der Waals surface area contributed by atoms with E-state index in [1.807, 2.05) is 37.3 Å². The maximum absolute atomic E-state index is 12.8. The van der Waals surface area contributed by atoms with Gasteiger partial charge in [-0.05, 0) is 42.3 Å². The molecule has 1 N–H and O–H groups in total. The van der Waals surface area contributed by atoms with Crippen molar-refractivity contribution in [2.45, 2.75) is 19.7 Å². The summed E-state index contributed by atoms with van der Waals surface area (Å²) in [6.45, 7) is 2.62. The molecule has 0 spiro atoms. The Bertz CT molecular complexity index is 1080. The van der Waals surface area contributed by atoms with Crippen molar-refractivity contribution in [2.24, 2.45) is 0 Å². The summed E-state index contributed by atoms with van der Waals surface area (Å²) < 4.78 is 50.0. The monoisotopic (exact) mass is 416 g/mol. The highest BCUT2D eigenvalue weighted by Crippen LogP contribution is 2.30. The van der Waals surface area contributed by atoms with Gasteiger partial charge < -0.3 is 14.5 Å². The fourth-order valence-electron chi connectivity index (χ4n) is 2.65. The fraction of sp³-hybridized carbons (Fsp3) is 0.182. The van der Waals surface area contributed by atoms with Gasteiger partial charge in [-0.2, -0.15) is 18.2 Å². The van der Waals surface area contributed by atoms with Crippen LogP contribution in [-0.2, 0) is 12.8 Å². The first-order chi connectivity index (χ1) is 14.3. The standard InChI is InChI=1S/C22H19F3N2O3/c1-2-29-19-12-15(9-11-18(19)30-14-16-6-4-3-5-7-16)8-10-17-13-20(22(23,24)25)27-21(28)26-17/h3-13H,2,14H2,1H3,(H,26,27,28). The Morgan fingerprint density at radius 3 is 2.47 bits per heavy atom. The van der Waals surface area contributed by atoms with Crippen LogP contribution in [0, 0.1) is 0 Å². The van der Waals surface area contributed by atoms with Crippen LogP contribution in [-0.4, -0.2) is 16.6 Å². The topological polar surface area (TPSA) is 64.2 Å². The van der Waals surface area contributed by atoms with E-state index in [0.29, 0.717) is 30.3 Å². The minimum atomic E-state index is -4.66. The van der Waals surface area contributed by atoms with Crippen LogP contribution in [0.2, 0.25) is 0 Å². The lowest BCUT2D eigenvalue weighted by Crippen LogP contribution is -2.19. The third-order valence-corrected chi connectivity index (χ3v) is 4.02. The van der Waals surface area contributed by atoms with Crippen molar-refractivity contribution >= 4 is 12.2 Å². The number of hydrogen-bond acceptors (Lipinski definition) is 4. The summed E-state index contributed by atoms with van der Waals surface area (Å²) in [7, 11) is 0. The lowest BCUT2D eigenvalue weighted by atomic mass is 10.1. The van der Waals surface area contributed by atoms with Gasteiger partial charge in [0.15, 0.2) is 11.5 Å². The van der Waals surface area contributed by atoms with Crippen LogP contribution >= 0.6 is 0 Å². The van der Waals surface area contributed by atoms with E-state index in [2.05, 4.69) is 4.98 Å². The number of benzene rings is 2. The molecule has 3 aromatic rings. The molecule has 0 radical (unpaired) electrons. The summed E-state index contributed by atoms with van der Waals surface area (Å²) in [6, 6.07) is 15.6. The second-order valence-electron chi connectivity index (χ2n) is 6.27. The number of halogens is 3. The Morgan fingerprint density at radius 1 is 1.00 bits per heavy atom. The third-order valence-electron chi connectivity index (χ3n) is 4.02. The molecule has 0 aliphatic rings. The molecular weight excluding hydrogens is 397 g/mol. The zero-order chi connectivity index (χ0) is 21.6. The summed E-state index contributed by atoms with van der Waals surface area (Å²) in [6.07, 6.45) is -1.78. The summed E-state index contributed by atoms with van der Waals surface area (Å²) in [5.41, 5.74) is -0.662. The van der Waals surface area contributed by atoms with E-state index in [1.54, 1.807) is 29.3 Å². The molecule has 0 fully saturated rings. The Balaban J connectivity index is 1.80. The van der Waals surface area contributed by atoms with E-state index in [1.165, 1.54) is 6.08 Å². The Morgan fingerprint density at radius 2 is 1.77 bits per heavy atom. The van der Waals surface area contributed by atoms with Crippen molar-refractivity contribution in [3.05, 3.63) is 87.6 Å². The van der Waals surface area contributed by atoms with Crippen molar-refractivity contribution in [2.75, 3.05) is 6.61 Å². The average Bonchev–Trinajstić information content (AvgIpc) is 2.71. The molecule has 1 aromatic heterocycles. The summed E-state index contributed by atoms with van der Waals surface area (Å²) in [5.74, 6) is 1.05. The van der Waals surface area contributed by atoms with E-state index >= 15 is 0 Å². The third kappa shape index (κ3) is 5.73. The molecule has 5 nitrogen and oxygen atoms in total. The Hall–Kier alpha value is -3.55. The van der Waals surface area contributed by atoms with Gasteiger partial charge in [0.2, 0.25) is 0 Å². The molecule has 0 atom stereocenters. The molecule has 0 aliphatic heterocycles. The van der Waals surface area contributed by atoms with E-state index in [9.17, 15) is 18.0 Å². The Labute approximate surface area is 170 Å². The highest BCUT2D eigenvalue weighted by Gasteiger charge is 2.32. The van der Waals surface area contributed by atoms with Crippen molar-refractivity contribution < 1.29 is 22.6 Å². The maximum Gasteiger partial charge on any atom is 0.431 e. The van der Waals surface area contributed by atoms with Crippen LogP contribution in [0.1, 0.15) is 29.4 Å². The van der Waals surface area contributed by atoms with Gasteiger partial charge >= 0.3 is 11.9 Å². The van der Waals surface area contributed by atoms with Crippen LogP contribution in [0.3, 0.4) is 0 Å². The molecule has 156 valence electrons. The molecule has 2 aromatic carbocycles. The van der Waals surface area contributed by atoms with Gasteiger partial charge in [0, 0.05) is 0 Å². The molecule has 0 aliphatic carbocycles. The minimum Gasteiger partial charge on any atom is -0.490 e. The van der Waals surface area contributed by atoms with E-state index < -0.39 is 17.6 Å². The van der Waals surface area contributed by atoms with E-state index in [4.69, 9.17) is 9.47 Å². The van der Waals surface area contributed by atoms with E-state index in [-0.39, 0.29) is 5.69 Å². The van der Waals surface area contributed by atoms with Gasteiger partial charge in [-0.25, -0.2) is 4.79 Å². The molecule has 1 heterocycles. The zero-order valence-electron chi connectivity index (χ0n) is 16.1. The van der Waals surface area contributed by atoms with Crippen LogP contribution in [0.25, 0.3) is 12.2 Å². The number of nitrogens with one attached hydrogen (secondary N) is 1. The number of aromatic amines is 1. The van der Waals surface area contributed by atoms with Crippen LogP contribution in [0.4, 0.5) is 13.2 Å². The first kappa shape index (κ1) is 21.2. The van der Waals surface area contributed by atoms with Gasteiger partial charge in [-0.15, -0.1) is 0 Å². The number of hydrogen-bond donors (Lipinski definition) is 1. The first-order valence-electron chi connectivity index (χ1n) is 9.15. The van der Waals surface area contributed by atoms with Gasteiger partial charge in [-0.1, -0.05) is 42.5 Å². The number of aromatic nitrogens is 2. The average molecular weight is 416 g/mol. The molecule has 8 heteroatoms. The van der Waals surface area contributed by atoms with Crippen LogP contribution in [0.5, 0.6) is 11.5 Å². The minimum absolute atomic E-state index is 0.103. The molecule has 0 unspecified atom stereocenters. The fourth-order valence-corrected chi connectivity index (χ4v) is 2.65. The molecule has 0 bridgehead atoms. The van der Waals surface area contributed by atoms with Crippen molar-refractivity contribution in [3.63, 3.8) is 0 Å². The molecule has 30 heavy (non-hydrogen) atoms. The van der Waals surface area contributed by atoms with Crippen LogP contribution in [0.15, 0.2) is 59.4 Å². The molecule has 0 saturated heterocycles. The Kier molecular flexibility index (Phi) is 6.56.